The highest BCUT2D eigenvalue weighted by molar-refractivity contribution is 5.83. The summed E-state index contributed by atoms with van der Waals surface area (Å²) >= 11 is 0. The van der Waals surface area contributed by atoms with Gasteiger partial charge in [0, 0.05) is 29.1 Å². The fourth-order valence-corrected chi connectivity index (χ4v) is 4.40. The van der Waals surface area contributed by atoms with E-state index in [0.717, 1.165) is 22.4 Å². The van der Waals surface area contributed by atoms with Gasteiger partial charge >= 0.3 is 6.36 Å². The topological polar surface area (TPSA) is 89.5 Å². The smallest absolute Gasteiger partial charge is 0.455 e. The van der Waals surface area contributed by atoms with Gasteiger partial charge in [-0.3, -0.25) is 4.79 Å². The molecule has 5 rings (SSSR count). The maximum Gasteiger partial charge on any atom is 0.573 e. The summed E-state index contributed by atoms with van der Waals surface area (Å²) in [6.07, 6.45) is -1.64. The van der Waals surface area contributed by atoms with Gasteiger partial charge in [-0.25, -0.2) is 4.68 Å². The van der Waals surface area contributed by atoms with Crippen molar-refractivity contribution in [3.63, 3.8) is 0 Å². The Hall–Kier alpha value is -4.57. The molecule has 0 radical (unpaired) electrons. The molecule has 3 aromatic carbocycles. The van der Waals surface area contributed by atoms with E-state index < -0.39 is 6.36 Å². The van der Waals surface area contributed by atoms with Gasteiger partial charge in [-0.15, -0.1) is 13.2 Å². The fourth-order valence-electron chi connectivity index (χ4n) is 4.40. The Morgan fingerprint density at radius 2 is 1.85 bits per heavy atom. The van der Waals surface area contributed by atoms with Gasteiger partial charge < -0.3 is 19.6 Å². The van der Waals surface area contributed by atoms with Crippen LogP contribution in [0.2, 0.25) is 0 Å². The van der Waals surface area contributed by atoms with E-state index in [9.17, 15) is 23.1 Å². The van der Waals surface area contributed by atoms with Gasteiger partial charge in [-0.05, 0) is 55.8 Å². The van der Waals surface area contributed by atoms with Crippen LogP contribution in [-0.4, -0.2) is 21.2 Å². The molecule has 2 aromatic heterocycles. The van der Waals surface area contributed by atoms with Crippen molar-refractivity contribution in [3.05, 3.63) is 106 Å². The molecule has 1 atom stereocenters. The largest absolute Gasteiger partial charge is 0.573 e. The van der Waals surface area contributed by atoms with Gasteiger partial charge in [0.25, 0.3) is 0 Å². The average molecular weight is 536 g/mol. The first-order valence-corrected chi connectivity index (χ1v) is 12.1. The second kappa shape index (κ2) is 10.3. The number of halogens is 3. The van der Waals surface area contributed by atoms with Crippen molar-refractivity contribution in [2.24, 2.45) is 0 Å². The Labute approximate surface area is 221 Å². The fraction of sp³-hybridized carbons (Fsp3) is 0.172. The van der Waals surface area contributed by atoms with E-state index in [1.54, 1.807) is 12.3 Å². The summed E-state index contributed by atoms with van der Waals surface area (Å²) in [5.74, 6) is -0.0462. The lowest BCUT2D eigenvalue weighted by atomic mass is 10.0. The van der Waals surface area contributed by atoms with Gasteiger partial charge in [0.2, 0.25) is 0 Å². The number of hydrogen-bond acceptors (Lipinski definition) is 6. The molecule has 0 saturated heterocycles. The van der Waals surface area contributed by atoms with Crippen molar-refractivity contribution in [1.29, 1.82) is 0 Å². The number of nitrogens with zero attached hydrogens (tertiary/aromatic N) is 2. The van der Waals surface area contributed by atoms with E-state index in [1.165, 1.54) is 41.2 Å². The standard InChI is InChI=1S/C29H24F3N3O4/c1-17-11-23(18(2)34-25-6-4-3-5-19(25)16-36)28-24(12-17)26(37)13-27(38-28)20-14-33-35(15-20)21-7-9-22(10-8-21)39-29(30,31)32/h3-15,18,34,36H,16H2,1-2H3. The van der Waals surface area contributed by atoms with Crippen LogP contribution in [0.4, 0.5) is 18.9 Å². The zero-order valence-electron chi connectivity index (χ0n) is 21.0. The van der Waals surface area contributed by atoms with Gasteiger partial charge in [0.15, 0.2) is 5.43 Å². The molecule has 0 fully saturated rings. The normalized spacial score (nSPS) is 12.5. The first-order chi connectivity index (χ1) is 18.6. The molecule has 0 aliphatic heterocycles. The van der Waals surface area contributed by atoms with E-state index in [0.29, 0.717) is 28.0 Å². The number of aliphatic hydroxyl groups excluding tert-OH is 1. The predicted octanol–water partition coefficient (Wildman–Crippen LogP) is 6.52. The second-order valence-corrected chi connectivity index (χ2v) is 9.10. The molecule has 0 amide bonds. The summed E-state index contributed by atoms with van der Waals surface area (Å²) in [4.78, 5) is 13.1. The summed E-state index contributed by atoms with van der Waals surface area (Å²) in [7, 11) is 0. The number of para-hydroxylation sites is 1. The van der Waals surface area contributed by atoms with Crippen molar-refractivity contribution in [3.8, 4) is 22.8 Å². The quantitative estimate of drug-likeness (QED) is 0.247. The highest BCUT2D eigenvalue weighted by Gasteiger charge is 2.31. The molecule has 7 nitrogen and oxygen atoms in total. The average Bonchev–Trinajstić information content (AvgIpc) is 3.39. The third kappa shape index (κ3) is 5.65. The minimum Gasteiger partial charge on any atom is -0.455 e. The molecule has 2 heterocycles. The highest BCUT2D eigenvalue weighted by atomic mass is 19.4. The van der Waals surface area contributed by atoms with E-state index >= 15 is 0 Å². The minimum atomic E-state index is -4.78. The predicted molar refractivity (Wildman–Crippen MR) is 141 cm³/mol. The van der Waals surface area contributed by atoms with Crippen LogP contribution in [0.25, 0.3) is 28.0 Å². The summed E-state index contributed by atoms with van der Waals surface area (Å²) in [6, 6.07) is 17.5. The molecule has 10 heteroatoms. The number of nitrogens with one attached hydrogen (secondary N) is 1. The van der Waals surface area contributed by atoms with Crippen LogP contribution >= 0.6 is 0 Å². The minimum absolute atomic E-state index is 0.119. The first kappa shape index (κ1) is 26.1. The number of aromatic nitrogens is 2. The van der Waals surface area contributed by atoms with E-state index in [2.05, 4.69) is 15.2 Å². The molecule has 0 spiro atoms. The SMILES string of the molecule is Cc1cc(C(C)Nc2ccccc2CO)c2oc(-c3cnn(-c4ccc(OC(F)(F)F)cc4)c3)cc(=O)c2c1. The van der Waals surface area contributed by atoms with Crippen LogP contribution < -0.4 is 15.5 Å². The van der Waals surface area contributed by atoms with Crippen molar-refractivity contribution < 1.29 is 27.4 Å². The third-order valence-electron chi connectivity index (χ3n) is 6.23. The van der Waals surface area contributed by atoms with Gasteiger partial charge in [-0.1, -0.05) is 24.3 Å². The van der Waals surface area contributed by atoms with Crippen LogP contribution in [-0.2, 0) is 6.61 Å². The molecule has 5 aromatic rings. The van der Waals surface area contributed by atoms with Crippen molar-refractivity contribution in [2.75, 3.05) is 5.32 Å². The summed E-state index contributed by atoms with van der Waals surface area (Å²) in [6.45, 7) is 3.73. The number of anilines is 1. The van der Waals surface area contributed by atoms with E-state index in [-0.39, 0.29) is 23.8 Å². The summed E-state index contributed by atoms with van der Waals surface area (Å²) < 4.78 is 49.0. The summed E-state index contributed by atoms with van der Waals surface area (Å²) in [5, 5.41) is 17.8. The van der Waals surface area contributed by atoms with Crippen LogP contribution in [0.15, 0.2) is 88.3 Å². The number of fused-ring (bicyclic) bond motifs is 1. The molecule has 0 aliphatic carbocycles. The Bertz CT molecular complexity index is 1690. The van der Waals surface area contributed by atoms with Crippen molar-refractivity contribution >= 4 is 16.7 Å². The number of alkyl halides is 3. The zero-order valence-corrected chi connectivity index (χ0v) is 21.0. The number of rotatable bonds is 7. The Balaban J connectivity index is 1.50. The number of aliphatic hydroxyl groups is 1. The van der Waals surface area contributed by atoms with Crippen LogP contribution in [0, 0.1) is 6.92 Å². The van der Waals surface area contributed by atoms with Crippen LogP contribution in [0.1, 0.15) is 29.7 Å². The number of aryl methyl sites for hydroxylation is 1. The van der Waals surface area contributed by atoms with Crippen molar-refractivity contribution in [2.45, 2.75) is 32.9 Å². The Kier molecular flexibility index (Phi) is 6.88. The molecule has 0 aliphatic rings. The van der Waals surface area contributed by atoms with Crippen LogP contribution in [0.5, 0.6) is 5.75 Å². The number of ether oxygens (including phenoxy) is 1. The highest BCUT2D eigenvalue weighted by Crippen LogP contribution is 2.31. The molecule has 200 valence electrons. The molecular weight excluding hydrogens is 511 g/mol. The molecule has 0 bridgehead atoms. The van der Waals surface area contributed by atoms with Gasteiger partial charge in [0.1, 0.15) is 17.1 Å². The maximum atomic E-state index is 13.1. The molecule has 0 saturated carbocycles. The lowest BCUT2D eigenvalue weighted by Gasteiger charge is -2.19. The Morgan fingerprint density at radius 1 is 1.10 bits per heavy atom. The number of hydrogen-bond donors (Lipinski definition) is 2. The second-order valence-electron chi connectivity index (χ2n) is 9.10. The van der Waals surface area contributed by atoms with Gasteiger partial charge in [-0.2, -0.15) is 5.10 Å². The molecule has 2 N–H and O–H groups in total. The molecule has 1 unspecified atom stereocenters. The lowest BCUT2D eigenvalue weighted by molar-refractivity contribution is -0.274. The van der Waals surface area contributed by atoms with Crippen LogP contribution in [0.3, 0.4) is 0 Å². The van der Waals surface area contributed by atoms with E-state index in [1.807, 2.05) is 44.2 Å². The Morgan fingerprint density at radius 3 is 2.56 bits per heavy atom. The first-order valence-electron chi connectivity index (χ1n) is 12.1. The third-order valence-corrected chi connectivity index (χ3v) is 6.23. The zero-order chi connectivity index (χ0) is 27.7. The van der Waals surface area contributed by atoms with E-state index in [4.69, 9.17) is 4.42 Å². The van der Waals surface area contributed by atoms with Gasteiger partial charge in [0.05, 0.1) is 35.5 Å². The maximum absolute atomic E-state index is 13.1. The van der Waals surface area contributed by atoms with Crippen molar-refractivity contribution in [1.82, 2.24) is 9.78 Å². The molecular formula is C29H24F3N3O4. The number of benzene rings is 3. The molecule has 39 heavy (non-hydrogen) atoms. The summed E-state index contributed by atoms with van der Waals surface area (Å²) in [5.41, 5.74) is 4.39. The lowest BCUT2D eigenvalue weighted by Crippen LogP contribution is -2.17. The monoisotopic (exact) mass is 535 g/mol.